The van der Waals surface area contributed by atoms with Gasteiger partial charge >= 0.3 is 5.97 Å². The second-order valence-electron chi connectivity index (χ2n) is 23.9. The van der Waals surface area contributed by atoms with Gasteiger partial charge in [0.05, 0.1) is 77.0 Å². The number of hydrogen-bond donors (Lipinski definition) is 9. The van der Waals surface area contributed by atoms with E-state index < -0.39 is 176 Å². The monoisotopic (exact) mass is 1190 g/mol. The van der Waals surface area contributed by atoms with Crippen LogP contribution in [0.2, 0.25) is 0 Å². The molecule has 5 aliphatic heterocycles. The molecule has 24 heteroatoms. The molecule has 9 rings (SSSR count). The Kier molecular flexibility index (Phi) is 19.8. The predicted molar refractivity (Wildman–Crippen MR) is 291 cm³/mol. The number of aliphatic hydroxyl groups is 7. The van der Waals surface area contributed by atoms with Crippen molar-refractivity contribution in [3.8, 4) is 17.2 Å². The predicted octanol–water partition coefficient (Wildman–Crippen LogP) is 2.89. The highest BCUT2D eigenvalue weighted by molar-refractivity contribution is 6.11. The highest BCUT2D eigenvalue weighted by Crippen LogP contribution is 2.48. The Labute approximate surface area is 486 Å². The van der Waals surface area contributed by atoms with E-state index >= 15 is 4.79 Å². The van der Waals surface area contributed by atoms with Crippen molar-refractivity contribution in [2.75, 3.05) is 7.11 Å². The van der Waals surface area contributed by atoms with Crippen molar-refractivity contribution in [2.24, 2.45) is 11.8 Å². The minimum atomic E-state index is -1.99. The van der Waals surface area contributed by atoms with Crippen LogP contribution in [-0.4, -0.2) is 211 Å². The van der Waals surface area contributed by atoms with E-state index in [-0.39, 0.29) is 76.8 Å². The molecule has 3 aromatic rings. The molecule has 0 saturated carbocycles. The fraction of sp³-hybridized carbons (Fsp3) is 0.683. The summed E-state index contributed by atoms with van der Waals surface area (Å²) in [6.45, 7) is 14.3. The Morgan fingerprint density at radius 3 is 1.75 bits per heavy atom. The normalized spacial score (nSPS) is 39.4. The maximum Gasteiger partial charge on any atom is 0.338 e. The Bertz CT molecular complexity index is 2790. The van der Waals surface area contributed by atoms with Gasteiger partial charge in [0, 0.05) is 50.7 Å². The molecule has 5 unspecified atom stereocenters. The number of esters is 1. The van der Waals surface area contributed by atoms with Gasteiger partial charge in [-0.05, 0) is 103 Å². The van der Waals surface area contributed by atoms with Gasteiger partial charge in [-0.2, -0.15) is 0 Å². The maximum atomic E-state index is 15.3. The fourth-order valence-electron chi connectivity index (χ4n) is 12.5. The average Bonchev–Trinajstić information content (AvgIpc) is 1.10. The van der Waals surface area contributed by atoms with Crippen LogP contribution in [-0.2, 0) is 63.3 Å². The second-order valence-corrected chi connectivity index (χ2v) is 23.9. The molecule has 25 atom stereocenters. The number of carbonyl (C=O) groups excluding carboxylic acids is 3. The number of fused-ring (bicyclic) bond motifs is 2. The third-order valence-electron chi connectivity index (χ3n) is 17.5. The van der Waals surface area contributed by atoms with Crippen LogP contribution >= 0.6 is 0 Å². The topological polar surface area (TPSA) is 344 Å². The lowest BCUT2D eigenvalue weighted by Crippen LogP contribution is -2.58. The average molecular weight is 1190 g/mol. The minimum absolute atomic E-state index is 0.0289. The van der Waals surface area contributed by atoms with Crippen molar-refractivity contribution in [1.82, 2.24) is 0 Å². The van der Waals surface area contributed by atoms with Crippen LogP contribution in [0.5, 0.6) is 17.2 Å². The molecule has 0 aromatic heterocycles. The van der Waals surface area contributed by atoms with Crippen LogP contribution in [0.3, 0.4) is 0 Å². The van der Waals surface area contributed by atoms with Crippen molar-refractivity contribution < 1.29 is 117 Å². The molecular formula is C60H82O24. The van der Waals surface area contributed by atoms with Crippen LogP contribution in [0.4, 0.5) is 0 Å². The van der Waals surface area contributed by atoms with Crippen molar-refractivity contribution in [1.29, 1.82) is 0 Å². The van der Waals surface area contributed by atoms with E-state index in [9.17, 15) is 55.5 Å². The number of aromatic hydroxyl groups is 2. The number of ketones is 2. The van der Waals surface area contributed by atoms with Crippen LogP contribution in [0.15, 0.2) is 42.5 Å². The summed E-state index contributed by atoms with van der Waals surface area (Å²) in [5, 5.41) is 101. The molecule has 84 heavy (non-hydrogen) atoms. The van der Waals surface area contributed by atoms with Crippen LogP contribution in [0.25, 0.3) is 10.8 Å². The molecule has 6 aliphatic rings. The number of carbonyl (C=O) groups is 3. The summed E-state index contributed by atoms with van der Waals surface area (Å²) in [5.41, 5.74) is -1.31. The Hall–Kier alpha value is -4.55. The summed E-state index contributed by atoms with van der Waals surface area (Å²) < 4.78 is 73.1. The molecule has 0 radical (unpaired) electrons. The highest BCUT2D eigenvalue weighted by Gasteiger charge is 2.52. The first-order valence-corrected chi connectivity index (χ1v) is 28.9. The Morgan fingerprint density at radius 1 is 0.679 bits per heavy atom. The third-order valence-corrected chi connectivity index (χ3v) is 17.5. The van der Waals surface area contributed by atoms with Gasteiger partial charge in [0.2, 0.25) is 6.29 Å². The molecule has 0 spiro atoms. The summed E-state index contributed by atoms with van der Waals surface area (Å²) in [6, 6.07) is 11.0. The SMILES string of the molecule is CO[C@H](C(=O)[C@@H](O)[C@@H](C)OC(=O)c1ccccc1)[C@@H]1Cc2cc3cc(O[C@H]4C[C@@H](O[C@H]5C[C@@H](C)[C@H](O)C(C)O5)[C@H](O)C(C)O4)c(C)c(O)c3c(O)c2C(=O)[C@H]1O[C@H]1C[C@@H](O[C@H]2C[C@@H](O[C@H]3C[C@](C)(O)[C@H](O)C(C)O3)[C@@H](O)C(C)O2)[C@H](O)C(C)O1. The van der Waals surface area contributed by atoms with Gasteiger partial charge in [-0.15, -0.1) is 0 Å². The zero-order chi connectivity index (χ0) is 61.0. The number of Topliss-reactive ketones (excluding diaryl/α,β-unsaturated/α-hetero) is 2. The second kappa shape index (κ2) is 26.0. The highest BCUT2D eigenvalue weighted by atomic mass is 16.7. The molecule has 3 aromatic carbocycles. The van der Waals surface area contributed by atoms with Crippen LogP contribution in [0.1, 0.15) is 119 Å². The molecule has 5 heterocycles. The number of hydrogen-bond acceptors (Lipinski definition) is 24. The van der Waals surface area contributed by atoms with E-state index in [0.717, 1.165) is 0 Å². The zero-order valence-electron chi connectivity index (χ0n) is 48.8. The van der Waals surface area contributed by atoms with Crippen LogP contribution < -0.4 is 4.74 Å². The first kappa shape index (κ1) is 63.9. The molecule has 466 valence electrons. The number of phenols is 2. The van der Waals surface area contributed by atoms with Crippen molar-refractivity contribution in [2.45, 2.75) is 242 Å². The van der Waals surface area contributed by atoms with E-state index in [1.165, 1.54) is 52.1 Å². The quantitative estimate of drug-likeness (QED) is 0.0877. The summed E-state index contributed by atoms with van der Waals surface area (Å²) in [7, 11) is 1.19. The minimum Gasteiger partial charge on any atom is -0.507 e. The Balaban J connectivity index is 0.989. The number of phenolic OH excluding ortho intramolecular Hbond substituents is 2. The molecule has 5 fully saturated rings. The third kappa shape index (κ3) is 13.3. The van der Waals surface area contributed by atoms with Gasteiger partial charge < -0.3 is 103 Å². The summed E-state index contributed by atoms with van der Waals surface area (Å²) >= 11 is 0. The summed E-state index contributed by atoms with van der Waals surface area (Å²) in [4.78, 5) is 43.0. The van der Waals surface area contributed by atoms with E-state index in [0.29, 0.717) is 6.42 Å². The molecule has 0 bridgehead atoms. The molecule has 0 amide bonds. The lowest BCUT2D eigenvalue weighted by molar-refractivity contribution is -0.334. The first-order valence-electron chi connectivity index (χ1n) is 28.9. The fourth-order valence-corrected chi connectivity index (χ4v) is 12.5. The number of benzene rings is 3. The smallest absolute Gasteiger partial charge is 0.338 e. The Morgan fingerprint density at radius 2 is 1.19 bits per heavy atom. The molecule has 1 aliphatic carbocycles. The lowest BCUT2D eigenvalue weighted by atomic mass is 9.75. The van der Waals surface area contributed by atoms with Gasteiger partial charge in [0.1, 0.15) is 60.0 Å². The van der Waals surface area contributed by atoms with E-state index in [1.54, 1.807) is 52.8 Å². The zero-order valence-corrected chi connectivity index (χ0v) is 48.8. The van der Waals surface area contributed by atoms with Crippen LogP contribution in [0, 0.1) is 18.8 Å². The lowest BCUT2D eigenvalue weighted by Gasteiger charge is -2.46. The molecular weight excluding hydrogens is 1100 g/mol. The maximum absolute atomic E-state index is 15.3. The van der Waals surface area contributed by atoms with E-state index in [1.807, 2.05) is 6.92 Å². The number of aliphatic hydroxyl groups excluding tert-OH is 6. The van der Waals surface area contributed by atoms with E-state index in [4.69, 9.17) is 56.8 Å². The largest absolute Gasteiger partial charge is 0.507 e. The van der Waals surface area contributed by atoms with Gasteiger partial charge in [-0.3, -0.25) is 9.59 Å². The number of ether oxygens (including phenoxy) is 12. The summed E-state index contributed by atoms with van der Waals surface area (Å²) in [6.07, 6.45) is -24.5. The molecule has 9 N–H and O–H groups in total. The van der Waals surface area contributed by atoms with Crippen molar-refractivity contribution in [3.05, 3.63) is 64.7 Å². The molecule has 5 saturated heterocycles. The van der Waals surface area contributed by atoms with Crippen molar-refractivity contribution >= 4 is 28.3 Å². The number of methoxy groups -OCH3 is 1. The van der Waals surface area contributed by atoms with Gasteiger partial charge in [-0.1, -0.05) is 25.1 Å². The standard InChI is InChI=1S/C60H82O24/c1-24-16-40(74-26(3)47(24)61)81-37-20-41(75-27(4)49(37)63)80-36-19-34-17-33-18-35(56(73-10)55(69)52(66)30(7)79-59(71)32-14-12-11-13-15-32)57(54(68)46(33)53(67)45(34)48(62)25(36)2)84-43-22-38(50(64)29(6)77-43)82-42-21-39(51(65)28(5)76-42)83-44-23-60(9,72)58(70)31(8)78-44/h11-15,17,19,24,26-31,35,37-44,47,49-52,56-58,61-67,70,72H,16,18,20-23H2,1-10H3/t24-,26?,27?,28?,29?,30-,31?,35+,37-,38-,39-,40+,41+,42+,43+,44+,47+,49-,50-,51+,52+,56+,57+,58-,60+/m1/s1. The van der Waals surface area contributed by atoms with Gasteiger partial charge in [-0.25, -0.2) is 4.79 Å². The summed E-state index contributed by atoms with van der Waals surface area (Å²) in [5.74, 6) is -5.05. The van der Waals surface area contributed by atoms with Gasteiger partial charge in [0.15, 0.2) is 42.8 Å². The van der Waals surface area contributed by atoms with Crippen molar-refractivity contribution in [3.63, 3.8) is 0 Å². The first-order chi connectivity index (χ1) is 39.6. The molecule has 24 nitrogen and oxygen atoms in total. The van der Waals surface area contributed by atoms with Gasteiger partial charge in [0.25, 0.3) is 0 Å². The van der Waals surface area contributed by atoms with E-state index in [2.05, 4.69) is 0 Å². The number of rotatable bonds is 17.